The minimum absolute atomic E-state index is 0.902. The van der Waals surface area contributed by atoms with Gasteiger partial charge in [0.2, 0.25) is 0 Å². The van der Waals surface area contributed by atoms with Crippen LogP contribution in [0.25, 0.3) is 0 Å². The summed E-state index contributed by atoms with van der Waals surface area (Å²) < 4.78 is 5.27. The van der Waals surface area contributed by atoms with Crippen LogP contribution in [0.1, 0.15) is 0 Å². The summed E-state index contributed by atoms with van der Waals surface area (Å²) in [5.41, 5.74) is 0. The molecule has 1 aliphatic heterocycles. The zero-order valence-corrected chi connectivity index (χ0v) is 15.6. The molecule has 0 N–H and O–H groups in total. The SMILES string of the molecule is CN1[Se][Se][Se]N(C)[Se][Se][Se]1. The van der Waals surface area contributed by atoms with Crippen LogP contribution in [0.5, 0.6) is 0 Å². The number of hydrogen-bond acceptors (Lipinski definition) is 2. The van der Waals surface area contributed by atoms with Crippen LogP contribution in [0.15, 0.2) is 0 Å². The van der Waals surface area contributed by atoms with Crippen molar-refractivity contribution in [2.24, 2.45) is 0 Å². The topological polar surface area (TPSA) is 6.48 Å². The van der Waals surface area contributed by atoms with Crippen LogP contribution in [0, 0.1) is 0 Å². The van der Waals surface area contributed by atoms with Crippen LogP contribution < -0.4 is 0 Å². The molecule has 1 aliphatic rings. The quantitative estimate of drug-likeness (QED) is 0.317. The summed E-state index contributed by atoms with van der Waals surface area (Å²) in [5.74, 6) is 0. The first-order valence-corrected chi connectivity index (χ1v) is 22.7. The van der Waals surface area contributed by atoms with Gasteiger partial charge in [-0.25, -0.2) is 0 Å². The first-order valence-electron chi connectivity index (χ1n) is 2.29. The molecule has 0 amide bonds. The fourth-order valence-electron chi connectivity index (χ4n) is 0.223. The third-order valence-corrected chi connectivity index (χ3v) is 42.2. The molecule has 0 atom stereocenters. The van der Waals surface area contributed by atoms with Gasteiger partial charge in [0.1, 0.15) is 0 Å². The number of hydrogen-bond donors (Lipinski definition) is 0. The van der Waals surface area contributed by atoms with E-state index in [0.29, 0.717) is 0 Å². The van der Waals surface area contributed by atoms with Gasteiger partial charge < -0.3 is 0 Å². The van der Waals surface area contributed by atoms with Gasteiger partial charge in [-0.2, -0.15) is 0 Å². The summed E-state index contributed by atoms with van der Waals surface area (Å²) in [7, 11) is 4.64. The molecule has 0 spiro atoms. The molecule has 2 nitrogen and oxygen atoms in total. The molecule has 0 aromatic heterocycles. The van der Waals surface area contributed by atoms with E-state index in [1.807, 2.05) is 0 Å². The second-order valence-corrected chi connectivity index (χ2v) is 35.0. The Bertz CT molecular complexity index is 79.7. The zero-order valence-electron chi connectivity index (χ0n) is 5.34. The fraction of sp³-hybridized carbons (Fsp3) is 1.00. The summed E-state index contributed by atoms with van der Waals surface area (Å²) in [5, 5.41) is 0. The summed E-state index contributed by atoms with van der Waals surface area (Å²) in [6.07, 6.45) is 0. The van der Waals surface area contributed by atoms with Gasteiger partial charge in [-0.05, 0) is 0 Å². The van der Waals surface area contributed by atoms with Crippen molar-refractivity contribution in [1.29, 1.82) is 0 Å². The Balaban J connectivity index is 2.21. The number of rotatable bonds is 0. The Kier molecular flexibility index (Phi) is 7.21. The summed E-state index contributed by atoms with van der Waals surface area (Å²) in [4.78, 5) is 0. The van der Waals surface area contributed by atoms with Gasteiger partial charge in [0.05, 0.1) is 0 Å². The molecule has 0 unspecified atom stereocenters. The maximum atomic E-state index is 2.64. The maximum absolute atomic E-state index is 2.64. The molecule has 0 bridgehead atoms. The predicted octanol–water partition coefficient (Wildman–Crippen LogP) is -2.59. The molecule has 1 saturated heterocycles. The Hall–Kier alpha value is 3.04. The molecule has 0 aliphatic carbocycles. The van der Waals surface area contributed by atoms with Gasteiger partial charge in [-0.1, -0.05) is 0 Å². The first kappa shape index (κ1) is 11.1. The fourth-order valence-corrected chi connectivity index (χ4v) is 75.2. The van der Waals surface area contributed by atoms with Crippen LogP contribution >= 0.6 is 0 Å². The molecule has 10 heavy (non-hydrogen) atoms. The molecule has 1 rings (SSSR count). The van der Waals surface area contributed by atoms with Crippen molar-refractivity contribution in [2.45, 2.75) is 0 Å². The van der Waals surface area contributed by atoms with Gasteiger partial charge in [-0.3, -0.25) is 0 Å². The molecular weight excluding hydrogens is 526 g/mol. The average Bonchev–Trinajstić information content (AvgIpc) is 1.84. The number of nitrogens with zero attached hydrogens (tertiary/aromatic N) is 2. The van der Waals surface area contributed by atoms with E-state index >= 15 is 0 Å². The summed E-state index contributed by atoms with van der Waals surface area (Å²) in [6.45, 7) is 0. The van der Waals surface area contributed by atoms with E-state index in [2.05, 4.69) is 20.0 Å². The minimum atomic E-state index is 0.902. The molecule has 0 radical (unpaired) electrons. The van der Waals surface area contributed by atoms with Crippen molar-refractivity contribution in [2.75, 3.05) is 14.1 Å². The van der Waals surface area contributed by atoms with E-state index in [-0.39, 0.29) is 0 Å². The van der Waals surface area contributed by atoms with Gasteiger partial charge in [0.15, 0.2) is 0 Å². The third-order valence-electron chi connectivity index (χ3n) is 0.542. The van der Waals surface area contributed by atoms with Crippen LogP contribution in [-0.2, 0) is 0 Å². The van der Waals surface area contributed by atoms with E-state index in [1.54, 1.807) is 0 Å². The van der Waals surface area contributed by atoms with Crippen LogP contribution in [-0.4, -0.2) is 96.0 Å². The molecule has 1 heterocycles. The van der Waals surface area contributed by atoms with Crippen molar-refractivity contribution in [1.82, 2.24) is 5.87 Å². The molecule has 8 heteroatoms. The zero-order chi connectivity index (χ0) is 7.40. The summed E-state index contributed by atoms with van der Waals surface area (Å²) in [6, 6.07) is 0. The molecular formula is C2H6N2Se6. The Labute approximate surface area is 94.4 Å². The van der Waals surface area contributed by atoms with E-state index in [0.717, 1.165) is 76.0 Å². The molecule has 0 aromatic rings. The van der Waals surface area contributed by atoms with E-state index in [9.17, 15) is 0 Å². The Morgan fingerprint density at radius 1 is 0.700 bits per heavy atom. The van der Waals surface area contributed by atoms with E-state index in [4.69, 9.17) is 0 Å². The van der Waals surface area contributed by atoms with Crippen molar-refractivity contribution < 1.29 is 0 Å². The second-order valence-electron chi connectivity index (χ2n) is 1.31. The molecule has 0 saturated carbocycles. The monoisotopic (exact) mass is 538 g/mol. The van der Waals surface area contributed by atoms with Crippen molar-refractivity contribution in [3.05, 3.63) is 0 Å². The van der Waals surface area contributed by atoms with Crippen LogP contribution in [0.4, 0.5) is 0 Å². The molecule has 0 aromatic carbocycles. The van der Waals surface area contributed by atoms with Crippen LogP contribution in [0.3, 0.4) is 0 Å². The predicted molar refractivity (Wildman–Crippen MR) is 50.1 cm³/mol. The normalized spacial score (nSPS) is 25.8. The average molecular weight is 532 g/mol. The first-order chi connectivity index (χ1) is 4.79. The molecule has 60 valence electrons. The Morgan fingerprint density at radius 2 is 1.00 bits per heavy atom. The summed E-state index contributed by atoms with van der Waals surface area (Å²) >= 11 is 5.59. The van der Waals surface area contributed by atoms with Gasteiger partial charge in [0, 0.05) is 0 Å². The van der Waals surface area contributed by atoms with E-state index in [1.165, 1.54) is 0 Å². The van der Waals surface area contributed by atoms with Gasteiger partial charge >= 0.3 is 96.0 Å². The molecule has 1 fully saturated rings. The second kappa shape index (κ2) is 6.48. The van der Waals surface area contributed by atoms with E-state index < -0.39 is 0 Å². The van der Waals surface area contributed by atoms with Crippen molar-refractivity contribution in [3.8, 4) is 0 Å². The van der Waals surface area contributed by atoms with Crippen molar-refractivity contribution in [3.63, 3.8) is 0 Å². The van der Waals surface area contributed by atoms with Gasteiger partial charge in [-0.15, -0.1) is 0 Å². The standard InChI is InChI=1S/C2H6N2Se6/c1-3-5-9-7-4(2)8-10-6-3/h1-2H3. The van der Waals surface area contributed by atoms with Crippen LogP contribution in [0.2, 0.25) is 0 Å². The third kappa shape index (κ3) is 4.92. The van der Waals surface area contributed by atoms with Gasteiger partial charge in [0.25, 0.3) is 0 Å². The Morgan fingerprint density at radius 3 is 1.30 bits per heavy atom. The van der Waals surface area contributed by atoms with Crippen molar-refractivity contribution >= 4 is 76.0 Å².